The summed E-state index contributed by atoms with van der Waals surface area (Å²) in [5, 5.41) is 0. The predicted molar refractivity (Wildman–Crippen MR) is 62.9 cm³/mol. The van der Waals surface area contributed by atoms with Gasteiger partial charge in [0, 0.05) is 12.6 Å². The summed E-state index contributed by atoms with van der Waals surface area (Å²) in [6, 6.07) is 0.100. The summed E-state index contributed by atoms with van der Waals surface area (Å²) >= 11 is 0. The standard InChI is InChI=1S/C11H19NO4S/c1-16-11(13)9-3-5-10(6-4-9)12-7-2-8-17(12,14)15/h9-10H,2-8H2,1H3/t9-,10-. The van der Waals surface area contributed by atoms with Crippen molar-refractivity contribution >= 4 is 16.0 Å². The number of rotatable bonds is 2. The molecule has 0 aromatic heterocycles. The fourth-order valence-corrected chi connectivity index (χ4v) is 4.64. The van der Waals surface area contributed by atoms with Gasteiger partial charge in [-0.1, -0.05) is 0 Å². The number of hydrogen-bond acceptors (Lipinski definition) is 4. The molecule has 1 heterocycles. The predicted octanol–water partition coefficient (Wildman–Crippen LogP) is 0.754. The molecule has 0 N–H and O–H groups in total. The monoisotopic (exact) mass is 261 g/mol. The molecule has 98 valence electrons. The third kappa shape index (κ3) is 2.63. The first-order valence-electron chi connectivity index (χ1n) is 6.12. The minimum Gasteiger partial charge on any atom is -0.469 e. The van der Waals surface area contributed by atoms with E-state index in [1.807, 2.05) is 0 Å². The van der Waals surface area contributed by atoms with Crippen LogP contribution >= 0.6 is 0 Å². The van der Waals surface area contributed by atoms with Crippen LogP contribution in [0.15, 0.2) is 0 Å². The summed E-state index contributed by atoms with van der Waals surface area (Å²) in [6.07, 6.45) is 3.77. The summed E-state index contributed by atoms with van der Waals surface area (Å²) < 4.78 is 29.9. The highest BCUT2D eigenvalue weighted by Crippen LogP contribution is 2.31. The molecule has 2 aliphatic rings. The van der Waals surface area contributed by atoms with Gasteiger partial charge in [0.15, 0.2) is 0 Å². The third-order valence-corrected chi connectivity index (χ3v) is 5.78. The van der Waals surface area contributed by atoms with E-state index in [1.165, 1.54) is 7.11 Å². The molecule has 1 aliphatic carbocycles. The minimum absolute atomic E-state index is 0.0402. The van der Waals surface area contributed by atoms with Crippen LogP contribution in [0.4, 0.5) is 0 Å². The first-order chi connectivity index (χ1) is 8.04. The lowest BCUT2D eigenvalue weighted by molar-refractivity contribution is -0.146. The van der Waals surface area contributed by atoms with E-state index in [9.17, 15) is 13.2 Å². The summed E-state index contributed by atoms with van der Waals surface area (Å²) in [6.45, 7) is 0.649. The van der Waals surface area contributed by atoms with Crippen molar-refractivity contribution in [1.82, 2.24) is 4.31 Å². The number of carbonyl (C=O) groups excluding carboxylic acids is 1. The van der Waals surface area contributed by atoms with Crippen molar-refractivity contribution in [3.8, 4) is 0 Å². The molecule has 2 rings (SSSR count). The van der Waals surface area contributed by atoms with E-state index in [1.54, 1.807) is 4.31 Å². The molecule has 1 saturated carbocycles. The zero-order valence-electron chi connectivity index (χ0n) is 10.1. The maximum Gasteiger partial charge on any atom is 0.308 e. The van der Waals surface area contributed by atoms with Gasteiger partial charge >= 0.3 is 5.97 Å². The van der Waals surface area contributed by atoms with Crippen molar-refractivity contribution < 1.29 is 17.9 Å². The van der Waals surface area contributed by atoms with Gasteiger partial charge in [0.1, 0.15) is 0 Å². The van der Waals surface area contributed by atoms with Crippen LogP contribution < -0.4 is 0 Å². The molecule has 0 radical (unpaired) electrons. The number of methoxy groups -OCH3 is 1. The summed E-state index contributed by atoms with van der Waals surface area (Å²) in [5.74, 6) is 0.0819. The number of carbonyl (C=O) groups is 1. The molecular formula is C11H19NO4S. The average molecular weight is 261 g/mol. The van der Waals surface area contributed by atoms with Crippen LogP contribution in [0.2, 0.25) is 0 Å². The van der Waals surface area contributed by atoms with Crippen molar-refractivity contribution in [3.63, 3.8) is 0 Å². The van der Waals surface area contributed by atoms with Crippen LogP contribution in [0.5, 0.6) is 0 Å². The number of esters is 1. The smallest absolute Gasteiger partial charge is 0.308 e. The van der Waals surface area contributed by atoms with Crippen LogP contribution in [0, 0.1) is 5.92 Å². The molecule has 0 bridgehead atoms. The van der Waals surface area contributed by atoms with E-state index in [4.69, 9.17) is 4.74 Å². The third-order valence-electron chi connectivity index (χ3n) is 3.78. The van der Waals surface area contributed by atoms with Gasteiger partial charge < -0.3 is 4.74 Å². The van der Waals surface area contributed by atoms with E-state index < -0.39 is 10.0 Å². The molecule has 17 heavy (non-hydrogen) atoms. The van der Waals surface area contributed by atoms with Crippen LogP contribution in [0.3, 0.4) is 0 Å². The van der Waals surface area contributed by atoms with Crippen LogP contribution in [-0.4, -0.2) is 44.1 Å². The van der Waals surface area contributed by atoms with Crippen LogP contribution in [-0.2, 0) is 19.6 Å². The van der Waals surface area contributed by atoms with Gasteiger partial charge in [-0.25, -0.2) is 8.42 Å². The van der Waals surface area contributed by atoms with Gasteiger partial charge in [-0.2, -0.15) is 4.31 Å². The SMILES string of the molecule is COC(=O)[C@H]1CC[C@H](N2CCCS2(=O)=O)CC1. The Hall–Kier alpha value is -0.620. The molecule has 0 unspecified atom stereocenters. The molecule has 1 saturated heterocycles. The topological polar surface area (TPSA) is 63.7 Å². The Kier molecular flexibility index (Phi) is 3.73. The summed E-state index contributed by atoms with van der Waals surface area (Å²) in [4.78, 5) is 11.4. The minimum atomic E-state index is -3.01. The molecule has 0 aromatic carbocycles. The zero-order chi connectivity index (χ0) is 12.5. The molecule has 0 spiro atoms. The Morgan fingerprint density at radius 3 is 2.35 bits per heavy atom. The van der Waals surface area contributed by atoms with E-state index in [-0.39, 0.29) is 23.7 Å². The van der Waals surface area contributed by atoms with Crippen LogP contribution in [0.1, 0.15) is 32.1 Å². The number of nitrogens with zero attached hydrogens (tertiary/aromatic N) is 1. The summed E-state index contributed by atoms with van der Waals surface area (Å²) in [7, 11) is -1.61. The Morgan fingerprint density at radius 2 is 1.88 bits per heavy atom. The Balaban J connectivity index is 1.93. The van der Waals surface area contributed by atoms with Gasteiger partial charge in [-0.15, -0.1) is 0 Å². The Bertz CT molecular complexity index is 384. The molecule has 5 nitrogen and oxygen atoms in total. The van der Waals surface area contributed by atoms with Crippen molar-refractivity contribution in [3.05, 3.63) is 0 Å². The molecule has 0 aromatic rings. The lowest BCUT2D eigenvalue weighted by Gasteiger charge is -2.32. The highest BCUT2D eigenvalue weighted by molar-refractivity contribution is 7.89. The number of ether oxygens (including phenoxy) is 1. The molecule has 6 heteroatoms. The first kappa shape index (κ1) is 12.8. The maximum atomic E-state index is 11.8. The van der Waals surface area contributed by atoms with E-state index >= 15 is 0 Å². The second-order valence-electron chi connectivity index (χ2n) is 4.81. The van der Waals surface area contributed by atoms with Crippen molar-refractivity contribution in [2.24, 2.45) is 5.92 Å². The van der Waals surface area contributed by atoms with Crippen molar-refractivity contribution in [2.45, 2.75) is 38.1 Å². The average Bonchev–Trinajstić information content (AvgIpc) is 2.68. The molecule has 1 aliphatic heterocycles. The largest absolute Gasteiger partial charge is 0.469 e. The number of sulfonamides is 1. The Morgan fingerprint density at radius 1 is 1.24 bits per heavy atom. The maximum absolute atomic E-state index is 11.8. The van der Waals surface area contributed by atoms with E-state index in [0.717, 1.165) is 32.1 Å². The van der Waals surface area contributed by atoms with Gasteiger partial charge in [-0.3, -0.25) is 4.79 Å². The fraction of sp³-hybridized carbons (Fsp3) is 0.909. The highest BCUT2D eigenvalue weighted by atomic mass is 32.2. The zero-order valence-corrected chi connectivity index (χ0v) is 10.9. The highest BCUT2D eigenvalue weighted by Gasteiger charge is 2.37. The fourth-order valence-electron chi connectivity index (χ4n) is 2.83. The second-order valence-corrected chi connectivity index (χ2v) is 6.85. The van der Waals surface area contributed by atoms with Gasteiger partial charge in [-0.05, 0) is 32.1 Å². The first-order valence-corrected chi connectivity index (χ1v) is 7.73. The Labute approximate surface area is 102 Å². The van der Waals surface area contributed by atoms with E-state index in [2.05, 4.69) is 0 Å². The van der Waals surface area contributed by atoms with Gasteiger partial charge in [0.2, 0.25) is 10.0 Å². The molecule has 0 atom stereocenters. The van der Waals surface area contributed by atoms with Crippen molar-refractivity contribution in [1.29, 1.82) is 0 Å². The number of hydrogen-bond donors (Lipinski definition) is 0. The van der Waals surface area contributed by atoms with Crippen LogP contribution in [0.25, 0.3) is 0 Å². The van der Waals surface area contributed by atoms with Gasteiger partial charge in [0.25, 0.3) is 0 Å². The quantitative estimate of drug-likeness (QED) is 0.688. The lowest BCUT2D eigenvalue weighted by Crippen LogP contribution is -2.40. The molecule has 0 amide bonds. The van der Waals surface area contributed by atoms with E-state index in [0.29, 0.717) is 6.54 Å². The summed E-state index contributed by atoms with van der Waals surface area (Å²) in [5.41, 5.74) is 0. The lowest BCUT2D eigenvalue weighted by atomic mass is 9.86. The normalized spacial score (nSPS) is 33.5. The molecular weight excluding hydrogens is 242 g/mol. The van der Waals surface area contributed by atoms with Gasteiger partial charge in [0.05, 0.1) is 18.8 Å². The molecule has 2 fully saturated rings. The second kappa shape index (κ2) is 4.94. The van der Waals surface area contributed by atoms with Crippen molar-refractivity contribution in [2.75, 3.05) is 19.4 Å².